The number of terminal acetylenes is 1. The SMILES string of the molecule is C#CCC.CC.CC/C=C(\C)c1cnc(-c2ccc(O[C@H]3CC(C)(C)N(O)C(C)(C)[C@H]3C)nn2)c(O)c1. The van der Waals surface area contributed by atoms with Crippen LogP contribution < -0.4 is 4.74 Å². The fourth-order valence-corrected chi connectivity index (χ4v) is 4.28. The van der Waals surface area contributed by atoms with Crippen molar-refractivity contribution in [3.63, 3.8) is 0 Å². The Morgan fingerprint density at radius 3 is 2.32 bits per heavy atom. The molecule has 0 spiro atoms. The third kappa shape index (κ3) is 8.02. The van der Waals surface area contributed by atoms with E-state index in [1.165, 1.54) is 5.06 Å². The summed E-state index contributed by atoms with van der Waals surface area (Å²) in [5.74, 6) is 2.98. The van der Waals surface area contributed by atoms with Crippen molar-refractivity contribution < 1.29 is 15.1 Å². The summed E-state index contributed by atoms with van der Waals surface area (Å²) in [6.45, 7) is 20.1. The van der Waals surface area contributed by atoms with Gasteiger partial charge >= 0.3 is 0 Å². The standard InChI is InChI=1S/C24H34N4O3.C4H6.C2H6/c1-8-9-15(2)17-12-19(29)22(25-14-17)18-10-11-21(27-26-18)31-20-13-23(4,5)28(30)24(6,7)16(20)3;1-3-4-2;1-2/h9-12,14,16,20,29-30H,8,13H2,1-7H3;1H,4H2,2H3;1-2H3/b15-9+;;/t16-,20-;;/m0../s1. The van der Waals surface area contributed by atoms with Crippen LogP contribution in [0.4, 0.5) is 0 Å². The summed E-state index contributed by atoms with van der Waals surface area (Å²) in [6.07, 6.45) is 10.9. The van der Waals surface area contributed by atoms with Crippen LogP contribution in [0.25, 0.3) is 17.0 Å². The number of ether oxygens (including phenoxy) is 1. The minimum atomic E-state index is -0.443. The van der Waals surface area contributed by atoms with E-state index >= 15 is 0 Å². The molecule has 2 aromatic heterocycles. The van der Waals surface area contributed by atoms with Crippen molar-refractivity contribution in [2.24, 2.45) is 5.92 Å². The molecule has 1 aliphatic heterocycles. The molecule has 2 N–H and O–H groups in total. The van der Waals surface area contributed by atoms with Gasteiger partial charge in [-0.1, -0.05) is 40.7 Å². The van der Waals surface area contributed by atoms with E-state index in [9.17, 15) is 10.3 Å². The molecule has 204 valence electrons. The molecule has 3 rings (SSSR count). The lowest BCUT2D eigenvalue weighted by atomic mass is 9.73. The van der Waals surface area contributed by atoms with E-state index in [1.807, 2.05) is 55.4 Å². The van der Waals surface area contributed by atoms with Gasteiger partial charge in [0.15, 0.2) is 0 Å². The van der Waals surface area contributed by atoms with Crippen LogP contribution in [-0.2, 0) is 0 Å². The molecule has 7 nitrogen and oxygen atoms in total. The van der Waals surface area contributed by atoms with Crippen LogP contribution in [-0.4, -0.2) is 47.7 Å². The number of hydrogen-bond donors (Lipinski definition) is 2. The van der Waals surface area contributed by atoms with E-state index in [0.29, 0.717) is 23.7 Å². The summed E-state index contributed by atoms with van der Waals surface area (Å²) >= 11 is 0. The lowest BCUT2D eigenvalue weighted by Crippen LogP contribution is -2.65. The van der Waals surface area contributed by atoms with Crippen molar-refractivity contribution in [2.45, 2.75) is 106 Å². The van der Waals surface area contributed by atoms with Crippen molar-refractivity contribution in [1.29, 1.82) is 0 Å². The van der Waals surface area contributed by atoms with Gasteiger partial charge in [0.05, 0.1) is 0 Å². The predicted molar refractivity (Wildman–Crippen MR) is 151 cm³/mol. The first-order valence-electron chi connectivity index (χ1n) is 13.2. The summed E-state index contributed by atoms with van der Waals surface area (Å²) in [5, 5.41) is 30.9. The highest BCUT2D eigenvalue weighted by atomic mass is 16.5. The molecule has 37 heavy (non-hydrogen) atoms. The minimum Gasteiger partial charge on any atom is -0.506 e. The van der Waals surface area contributed by atoms with Crippen LogP contribution in [0.5, 0.6) is 11.6 Å². The second-order valence-electron chi connectivity index (χ2n) is 10.1. The van der Waals surface area contributed by atoms with Gasteiger partial charge in [-0.25, -0.2) is 4.98 Å². The molecule has 0 amide bonds. The highest BCUT2D eigenvalue weighted by molar-refractivity contribution is 5.69. The van der Waals surface area contributed by atoms with E-state index in [-0.39, 0.29) is 17.8 Å². The van der Waals surface area contributed by atoms with Crippen molar-refractivity contribution in [2.75, 3.05) is 0 Å². The van der Waals surface area contributed by atoms with E-state index in [1.54, 1.807) is 24.4 Å². The molecule has 7 heteroatoms. The first kappa shape index (κ1) is 32.1. The number of piperidine rings is 1. The number of hydroxylamine groups is 2. The van der Waals surface area contributed by atoms with Crippen molar-refractivity contribution in [1.82, 2.24) is 20.2 Å². The Hall–Kier alpha value is -2.95. The lowest BCUT2D eigenvalue weighted by Gasteiger charge is -2.54. The lowest BCUT2D eigenvalue weighted by molar-refractivity contribution is -0.273. The van der Waals surface area contributed by atoms with Gasteiger partial charge in [-0.3, -0.25) is 0 Å². The summed E-state index contributed by atoms with van der Waals surface area (Å²) in [5.41, 5.74) is 1.95. The molecule has 1 aliphatic rings. The van der Waals surface area contributed by atoms with E-state index < -0.39 is 11.1 Å². The summed E-state index contributed by atoms with van der Waals surface area (Å²) in [7, 11) is 0. The molecule has 0 aromatic carbocycles. The molecular formula is C30H46N4O3. The average molecular weight is 511 g/mol. The number of nitrogens with zero attached hydrogens (tertiary/aromatic N) is 4. The van der Waals surface area contributed by atoms with Crippen LogP contribution in [0, 0.1) is 18.3 Å². The molecule has 0 saturated carbocycles. The first-order chi connectivity index (χ1) is 17.4. The number of allylic oxidation sites excluding steroid dienone is 2. The smallest absolute Gasteiger partial charge is 0.233 e. The topological polar surface area (TPSA) is 91.6 Å². The first-order valence-corrected chi connectivity index (χ1v) is 13.2. The average Bonchev–Trinajstić information content (AvgIpc) is 2.88. The number of aromatic hydroxyl groups is 1. The van der Waals surface area contributed by atoms with Crippen LogP contribution in [0.3, 0.4) is 0 Å². The minimum absolute atomic E-state index is 0.0664. The normalized spacial score (nSPS) is 20.4. The third-order valence-electron chi connectivity index (χ3n) is 6.68. The van der Waals surface area contributed by atoms with Gasteiger partial charge < -0.3 is 15.1 Å². The number of pyridine rings is 1. The van der Waals surface area contributed by atoms with Gasteiger partial charge in [-0.15, -0.1) is 22.5 Å². The fourth-order valence-electron chi connectivity index (χ4n) is 4.28. The molecule has 2 aromatic rings. The zero-order valence-corrected chi connectivity index (χ0v) is 24.3. The Kier molecular flexibility index (Phi) is 12.2. The number of hydrogen-bond acceptors (Lipinski definition) is 7. The monoisotopic (exact) mass is 510 g/mol. The Morgan fingerprint density at radius 2 is 1.84 bits per heavy atom. The maximum atomic E-state index is 10.6. The highest BCUT2D eigenvalue weighted by Gasteiger charge is 2.50. The Bertz CT molecular complexity index is 1060. The van der Waals surface area contributed by atoms with Gasteiger partial charge in [0.25, 0.3) is 0 Å². The van der Waals surface area contributed by atoms with E-state index in [0.717, 1.165) is 24.0 Å². The van der Waals surface area contributed by atoms with Gasteiger partial charge in [0.2, 0.25) is 5.88 Å². The predicted octanol–water partition coefficient (Wildman–Crippen LogP) is 7.15. The van der Waals surface area contributed by atoms with Gasteiger partial charge in [0.1, 0.15) is 23.2 Å². The maximum Gasteiger partial charge on any atom is 0.233 e. The molecule has 0 bridgehead atoms. The van der Waals surface area contributed by atoms with Crippen LogP contribution >= 0.6 is 0 Å². The quantitative estimate of drug-likeness (QED) is 0.413. The zero-order chi connectivity index (χ0) is 28.4. The van der Waals surface area contributed by atoms with Crippen LogP contribution in [0.1, 0.15) is 94.1 Å². The largest absolute Gasteiger partial charge is 0.506 e. The molecule has 0 radical (unpaired) electrons. The maximum absolute atomic E-state index is 10.6. The molecule has 1 fully saturated rings. The second kappa shape index (κ2) is 14.1. The van der Waals surface area contributed by atoms with Crippen LogP contribution in [0.2, 0.25) is 0 Å². The summed E-state index contributed by atoms with van der Waals surface area (Å²) in [6, 6.07) is 5.20. The van der Waals surface area contributed by atoms with Crippen molar-refractivity contribution >= 4 is 5.57 Å². The van der Waals surface area contributed by atoms with E-state index in [2.05, 4.69) is 41.0 Å². The van der Waals surface area contributed by atoms with Gasteiger partial charge in [-0.05, 0) is 64.3 Å². The Balaban J connectivity index is 0.00000104. The highest BCUT2D eigenvalue weighted by Crippen LogP contribution is 2.42. The molecule has 2 atom stereocenters. The van der Waals surface area contributed by atoms with Gasteiger partial charge in [0, 0.05) is 42.1 Å². The van der Waals surface area contributed by atoms with Crippen molar-refractivity contribution in [3.05, 3.63) is 36.0 Å². The second-order valence-corrected chi connectivity index (χ2v) is 10.1. The molecule has 3 heterocycles. The number of rotatable bonds is 5. The number of aromatic nitrogens is 3. The molecule has 0 aliphatic carbocycles. The summed E-state index contributed by atoms with van der Waals surface area (Å²) in [4.78, 5) is 4.39. The van der Waals surface area contributed by atoms with Crippen LogP contribution in [0.15, 0.2) is 30.5 Å². The Morgan fingerprint density at radius 1 is 1.22 bits per heavy atom. The zero-order valence-electron chi connectivity index (χ0n) is 24.3. The van der Waals surface area contributed by atoms with Crippen molar-refractivity contribution in [3.8, 4) is 35.4 Å². The van der Waals surface area contributed by atoms with E-state index in [4.69, 9.17) is 11.2 Å². The summed E-state index contributed by atoms with van der Waals surface area (Å²) < 4.78 is 6.18. The Labute approximate surface area is 224 Å². The molecule has 0 unspecified atom stereocenters. The third-order valence-corrected chi connectivity index (χ3v) is 6.68. The van der Waals surface area contributed by atoms with Gasteiger partial charge in [-0.2, -0.15) is 5.06 Å². The molecular weight excluding hydrogens is 464 g/mol. The molecule has 1 saturated heterocycles. The fraction of sp³-hybridized carbons (Fsp3) is 0.567.